The minimum atomic E-state index is -4.55. The second-order valence-corrected chi connectivity index (χ2v) is 12.7. The average molecular weight is 440 g/mol. The van der Waals surface area contributed by atoms with Gasteiger partial charge in [-0.15, -0.1) is 0 Å². The molecule has 0 bridgehead atoms. The first kappa shape index (κ1) is 20.0. The molecule has 3 atom stereocenters. The molecular weight excluding hydrogens is 420 g/mol. The predicted octanol–water partition coefficient (Wildman–Crippen LogP) is 4.12. The van der Waals surface area contributed by atoms with E-state index in [4.69, 9.17) is 9.78 Å². The van der Waals surface area contributed by atoms with Crippen LogP contribution in [0.15, 0.2) is 35.2 Å². The van der Waals surface area contributed by atoms with E-state index in [1.54, 1.807) is 12.1 Å². The van der Waals surface area contributed by atoms with Gasteiger partial charge in [0.15, 0.2) is 0 Å². The first-order valence-electron chi connectivity index (χ1n) is 8.78. The van der Waals surface area contributed by atoms with Gasteiger partial charge in [0.2, 0.25) is 0 Å². The summed E-state index contributed by atoms with van der Waals surface area (Å²) in [7, 11) is 0. The van der Waals surface area contributed by atoms with Gasteiger partial charge in [0.25, 0.3) is 0 Å². The van der Waals surface area contributed by atoms with Gasteiger partial charge in [-0.1, -0.05) is 0 Å². The van der Waals surface area contributed by atoms with Crippen molar-refractivity contribution in [2.45, 2.75) is 54.3 Å². The number of benzene rings is 1. The fraction of sp³-hybridized carbons (Fsp3) is 0.474. The van der Waals surface area contributed by atoms with Gasteiger partial charge in [-0.3, -0.25) is 0 Å². The van der Waals surface area contributed by atoms with Crippen LogP contribution in [0.25, 0.3) is 0 Å². The third-order valence-electron chi connectivity index (χ3n) is 5.21. The van der Waals surface area contributed by atoms with Gasteiger partial charge in [0.05, 0.1) is 0 Å². The molecule has 1 aromatic carbocycles. The van der Waals surface area contributed by atoms with Crippen molar-refractivity contribution < 1.29 is 22.8 Å². The number of hydrogen-bond donors (Lipinski definition) is 1. The molecule has 1 fully saturated rings. The molecule has 1 saturated carbocycles. The molecule has 4 nitrogen and oxygen atoms in total. The zero-order valence-electron chi connectivity index (χ0n) is 14.8. The molecule has 0 spiro atoms. The van der Waals surface area contributed by atoms with E-state index < -0.39 is 32.0 Å². The zero-order valence-corrected chi connectivity index (χ0v) is 16.7. The van der Waals surface area contributed by atoms with Crippen molar-refractivity contribution in [3.05, 3.63) is 47.3 Å². The first-order chi connectivity index (χ1) is 12.8. The van der Waals surface area contributed by atoms with E-state index in [0.717, 1.165) is 24.1 Å². The molecule has 144 valence electrons. The summed E-state index contributed by atoms with van der Waals surface area (Å²) in [6, 6.07) is 5.75. The van der Waals surface area contributed by atoms with Crippen LogP contribution in [0.2, 0.25) is 9.91 Å². The SMILES string of the molecule is CC[As](c1ccc(C#N)c(C(F)(F)F)c1)C1CCCC(O)(c2cnoc2)C1. The number of nitriles is 1. The van der Waals surface area contributed by atoms with Crippen molar-refractivity contribution in [1.29, 1.82) is 5.26 Å². The Bertz CT molecular complexity index is 832. The predicted molar refractivity (Wildman–Crippen MR) is 94.6 cm³/mol. The van der Waals surface area contributed by atoms with Crippen molar-refractivity contribution in [1.82, 2.24) is 5.16 Å². The number of halogens is 3. The van der Waals surface area contributed by atoms with Crippen LogP contribution in [-0.2, 0) is 11.8 Å². The zero-order chi connectivity index (χ0) is 19.7. The molecule has 8 heteroatoms. The molecular formula is C19H20AsF3N2O2. The van der Waals surface area contributed by atoms with Crippen LogP contribution in [-0.4, -0.2) is 24.9 Å². The summed E-state index contributed by atoms with van der Waals surface area (Å²) in [4.78, 5) is 0. The monoisotopic (exact) mass is 440 g/mol. The minimum absolute atomic E-state index is 0.171. The Morgan fingerprint density at radius 3 is 2.81 bits per heavy atom. The fourth-order valence-electron chi connectivity index (χ4n) is 3.88. The number of nitrogens with zero attached hydrogens (tertiary/aromatic N) is 2. The Labute approximate surface area is 160 Å². The van der Waals surface area contributed by atoms with Crippen LogP contribution in [0.4, 0.5) is 13.2 Å². The molecule has 0 amide bonds. The van der Waals surface area contributed by atoms with Crippen LogP contribution in [0.5, 0.6) is 0 Å². The quantitative estimate of drug-likeness (QED) is 0.727. The molecule has 3 rings (SSSR count). The van der Waals surface area contributed by atoms with Gasteiger partial charge in [-0.05, 0) is 0 Å². The molecule has 2 aromatic rings. The molecule has 1 aliphatic carbocycles. The normalized spacial score (nSPS) is 24.4. The number of rotatable bonds is 4. The molecule has 27 heavy (non-hydrogen) atoms. The van der Waals surface area contributed by atoms with Crippen molar-refractivity contribution in [2.24, 2.45) is 0 Å². The average Bonchev–Trinajstić information content (AvgIpc) is 3.17. The fourth-order valence-corrected chi connectivity index (χ4v) is 9.93. The molecule has 0 radical (unpaired) electrons. The van der Waals surface area contributed by atoms with Gasteiger partial charge < -0.3 is 0 Å². The summed E-state index contributed by atoms with van der Waals surface area (Å²) in [5.74, 6) is 0. The summed E-state index contributed by atoms with van der Waals surface area (Å²) in [5.41, 5.74) is -1.61. The standard InChI is InChI=1S/C19H20AsF3N2O2/c1-2-20(15-6-5-13(10-24)17(8-15)19(21,22)23)16-4-3-7-18(26,9-16)14-11-25-27-12-14/h5-6,8,11-12,16,26H,2-4,7,9H2,1H3. The van der Waals surface area contributed by atoms with Crippen molar-refractivity contribution in [2.75, 3.05) is 0 Å². The summed E-state index contributed by atoms with van der Waals surface area (Å²) in [5, 5.41) is 24.5. The van der Waals surface area contributed by atoms with Gasteiger partial charge in [-0.2, -0.15) is 0 Å². The topological polar surface area (TPSA) is 70.0 Å². The van der Waals surface area contributed by atoms with Crippen LogP contribution in [0.3, 0.4) is 0 Å². The third kappa shape index (κ3) is 4.07. The van der Waals surface area contributed by atoms with E-state index in [-0.39, 0.29) is 10.3 Å². The van der Waals surface area contributed by atoms with Crippen molar-refractivity contribution in [3.8, 4) is 6.07 Å². The van der Waals surface area contributed by atoms with E-state index >= 15 is 0 Å². The number of hydrogen-bond acceptors (Lipinski definition) is 4. The summed E-state index contributed by atoms with van der Waals surface area (Å²) in [6.07, 6.45) is 1.19. The van der Waals surface area contributed by atoms with Crippen LogP contribution in [0, 0.1) is 11.3 Å². The number of aromatic nitrogens is 1. The second-order valence-electron chi connectivity index (χ2n) is 6.82. The van der Waals surface area contributed by atoms with E-state index in [1.807, 2.05) is 6.92 Å². The Morgan fingerprint density at radius 2 is 2.22 bits per heavy atom. The molecule has 1 aromatic heterocycles. The Hall–Kier alpha value is -1.77. The van der Waals surface area contributed by atoms with Crippen molar-refractivity contribution in [3.63, 3.8) is 0 Å². The maximum absolute atomic E-state index is 13.3. The Kier molecular flexibility index (Phi) is 5.69. The Morgan fingerprint density at radius 1 is 1.44 bits per heavy atom. The molecule has 3 unspecified atom stereocenters. The van der Waals surface area contributed by atoms with Gasteiger partial charge in [0, 0.05) is 0 Å². The van der Waals surface area contributed by atoms with Gasteiger partial charge in [-0.25, -0.2) is 0 Å². The van der Waals surface area contributed by atoms with E-state index in [9.17, 15) is 18.3 Å². The van der Waals surface area contributed by atoms with Crippen LogP contribution < -0.4 is 4.35 Å². The molecule has 1 heterocycles. The van der Waals surface area contributed by atoms with Gasteiger partial charge in [0.1, 0.15) is 0 Å². The summed E-state index contributed by atoms with van der Waals surface area (Å²) < 4.78 is 45.8. The Balaban J connectivity index is 1.92. The maximum atomic E-state index is 13.3. The number of aliphatic hydroxyl groups is 1. The van der Waals surface area contributed by atoms with Crippen LogP contribution in [0.1, 0.15) is 49.3 Å². The second kappa shape index (κ2) is 7.69. The van der Waals surface area contributed by atoms with Crippen molar-refractivity contribution >= 4 is 19.0 Å². The van der Waals surface area contributed by atoms with E-state index in [1.165, 1.54) is 18.5 Å². The van der Waals surface area contributed by atoms with E-state index in [2.05, 4.69) is 5.16 Å². The summed E-state index contributed by atoms with van der Waals surface area (Å²) >= 11 is -1.87. The third-order valence-corrected chi connectivity index (χ3v) is 11.4. The first-order valence-corrected chi connectivity index (χ1v) is 12.1. The molecule has 0 saturated heterocycles. The summed E-state index contributed by atoms with van der Waals surface area (Å²) in [6.45, 7) is 2.00. The van der Waals surface area contributed by atoms with E-state index in [0.29, 0.717) is 22.8 Å². The van der Waals surface area contributed by atoms with Crippen LogP contribution >= 0.6 is 0 Å². The molecule has 1 aliphatic rings. The molecule has 1 N–H and O–H groups in total. The molecule has 0 aliphatic heterocycles. The number of alkyl halides is 3. The van der Waals surface area contributed by atoms with Gasteiger partial charge >= 0.3 is 160 Å².